The summed E-state index contributed by atoms with van der Waals surface area (Å²) >= 11 is 5.96. The van der Waals surface area contributed by atoms with Crippen molar-refractivity contribution in [1.82, 2.24) is 15.3 Å². The first-order valence-electron chi connectivity index (χ1n) is 8.32. The van der Waals surface area contributed by atoms with E-state index in [0.717, 1.165) is 30.9 Å². The normalized spacial score (nSPS) is 14.5. The molecule has 0 spiro atoms. The average molecular weight is 345 g/mol. The minimum atomic E-state index is -0.169. The van der Waals surface area contributed by atoms with Crippen molar-refractivity contribution in [2.45, 2.75) is 25.7 Å². The second-order valence-electron chi connectivity index (χ2n) is 5.94. The summed E-state index contributed by atoms with van der Waals surface area (Å²) in [4.78, 5) is 22.9. The summed E-state index contributed by atoms with van der Waals surface area (Å²) in [6.07, 6.45) is 5.81. The van der Waals surface area contributed by atoms with Gasteiger partial charge in [-0.25, -0.2) is 9.97 Å². The van der Waals surface area contributed by atoms with Crippen LogP contribution in [-0.4, -0.2) is 35.5 Å². The van der Waals surface area contributed by atoms with Gasteiger partial charge in [0.25, 0.3) is 5.91 Å². The summed E-state index contributed by atoms with van der Waals surface area (Å²) in [6.45, 7) is 2.53. The quantitative estimate of drug-likeness (QED) is 0.905. The van der Waals surface area contributed by atoms with Crippen molar-refractivity contribution in [2.24, 2.45) is 0 Å². The molecule has 0 bridgehead atoms. The van der Waals surface area contributed by atoms with Gasteiger partial charge >= 0.3 is 0 Å². The number of rotatable bonds is 5. The Morgan fingerprint density at radius 3 is 2.79 bits per heavy atom. The van der Waals surface area contributed by atoms with Crippen LogP contribution >= 0.6 is 11.6 Å². The lowest BCUT2D eigenvalue weighted by atomic mass is 10.1. The third-order valence-electron chi connectivity index (χ3n) is 4.15. The Labute approximate surface area is 147 Å². The molecule has 1 aromatic heterocycles. The molecule has 1 N–H and O–H groups in total. The fourth-order valence-electron chi connectivity index (χ4n) is 2.87. The van der Waals surface area contributed by atoms with E-state index in [-0.39, 0.29) is 5.91 Å². The largest absolute Gasteiger partial charge is 0.357 e. The number of amides is 1. The van der Waals surface area contributed by atoms with E-state index in [4.69, 9.17) is 11.6 Å². The number of aromatic nitrogens is 2. The number of hydrogen-bond donors (Lipinski definition) is 1. The average Bonchev–Trinajstić information content (AvgIpc) is 2.62. The number of anilines is 1. The van der Waals surface area contributed by atoms with Gasteiger partial charge in [-0.3, -0.25) is 4.79 Å². The lowest BCUT2D eigenvalue weighted by Gasteiger charge is -2.27. The second kappa shape index (κ2) is 8.11. The van der Waals surface area contributed by atoms with Gasteiger partial charge in [0.15, 0.2) is 0 Å². The van der Waals surface area contributed by atoms with Crippen LogP contribution in [0, 0.1) is 0 Å². The lowest BCUT2D eigenvalue weighted by Crippen LogP contribution is -2.31. The van der Waals surface area contributed by atoms with Crippen molar-refractivity contribution in [2.75, 3.05) is 24.5 Å². The lowest BCUT2D eigenvalue weighted by molar-refractivity contribution is 0.0949. The molecule has 0 unspecified atom stereocenters. The number of hydrogen-bond acceptors (Lipinski definition) is 4. The standard InChI is InChI=1S/C18H21ClN4O/c19-15-6-4-5-14(11-15)7-8-20-18(24)16-12-17(22-13-21-16)23-9-2-1-3-10-23/h4-6,11-13H,1-3,7-10H2,(H,20,24). The van der Waals surface area contributed by atoms with Crippen LogP contribution < -0.4 is 10.2 Å². The third kappa shape index (κ3) is 4.45. The van der Waals surface area contributed by atoms with Crippen molar-refractivity contribution in [3.8, 4) is 0 Å². The molecule has 2 aromatic rings. The molecule has 1 aliphatic heterocycles. The number of carbonyl (C=O) groups excluding carboxylic acids is 1. The van der Waals surface area contributed by atoms with Crippen LogP contribution in [0.3, 0.4) is 0 Å². The van der Waals surface area contributed by atoms with E-state index in [1.165, 1.54) is 25.6 Å². The molecule has 1 saturated heterocycles. The Balaban J connectivity index is 1.56. The van der Waals surface area contributed by atoms with Crippen molar-refractivity contribution in [1.29, 1.82) is 0 Å². The van der Waals surface area contributed by atoms with E-state index in [1.54, 1.807) is 6.07 Å². The van der Waals surface area contributed by atoms with E-state index >= 15 is 0 Å². The molecule has 1 aliphatic rings. The highest BCUT2D eigenvalue weighted by Gasteiger charge is 2.15. The molecular formula is C18H21ClN4O. The number of benzene rings is 1. The number of nitrogens with one attached hydrogen (secondary N) is 1. The van der Waals surface area contributed by atoms with E-state index in [2.05, 4.69) is 20.2 Å². The number of piperidine rings is 1. The van der Waals surface area contributed by atoms with Crippen molar-refractivity contribution in [3.05, 3.63) is 52.9 Å². The van der Waals surface area contributed by atoms with Crippen LogP contribution in [-0.2, 0) is 6.42 Å². The van der Waals surface area contributed by atoms with Crippen molar-refractivity contribution in [3.63, 3.8) is 0 Å². The van der Waals surface area contributed by atoms with Crippen molar-refractivity contribution >= 4 is 23.3 Å². The fraction of sp³-hybridized carbons (Fsp3) is 0.389. The van der Waals surface area contributed by atoms with Gasteiger partial charge < -0.3 is 10.2 Å². The Bertz CT molecular complexity index is 701. The Morgan fingerprint density at radius 2 is 2.00 bits per heavy atom. The molecule has 5 nitrogen and oxygen atoms in total. The van der Waals surface area contributed by atoms with Crippen LogP contribution in [0.2, 0.25) is 5.02 Å². The van der Waals surface area contributed by atoms with Gasteiger partial charge in [0, 0.05) is 30.7 Å². The molecule has 1 aromatic carbocycles. The molecule has 1 fully saturated rings. The summed E-state index contributed by atoms with van der Waals surface area (Å²) in [5.41, 5.74) is 1.51. The molecule has 1 amide bonds. The molecule has 0 aliphatic carbocycles. The molecule has 0 saturated carbocycles. The third-order valence-corrected chi connectivity index (χ3v) is 4.39. The summed E-state index contributed by atoms with van der Waals surface area (Å²) < 4.78 is 0. The fourth-order valence-corrected chi connectivity index (χ4v) is 3.08. The first kappa shape index (κ1) is 16.7. The van der Waals surface area contributed by atoms with Crippen molar-refractivity contribution < 1.29 is 4.79 Å². The van der Waals surface area contributed by atoms with Gasteiger partial charge in [-0.2, -0.15) is 0 Å². The van der Waals surface area contributed by atoms with Gasteiger partial charge in [-0.1, -0.05) is 23.7 Å². The summed E-state index contributed by atoms with van der Waals surface area (Å²) in [7, 11) is 0. The second-order valence-corrected chi connectivity index (χ2v) is 6.38. The Hall–Kier alpha value is -2.14. The molecule has 126 valence electrons. The zero-order valence-corrected chi connectivity index (χ0v) is 14.3. The molecule has 24 heavy (non-hydrogen) atoms. The summed E-state index contributed by atoms with van der Waals surface area (Å²) in [5, 5.41) is 3.62. The van der Waals surface area contributed by atoms with Gasteiger partial charge in [-0.05, 0) is 43.4 Å². The first-order chi connectivity index (χ1) is 11.7. The van der Waals surface area contributed by atoms with Crippen LogP contribution in [0.4, 0.5) is 5.82 Å². The van der Waals surface area contributed by atoms with E-state index < -0.39 is 0 Å². The predicted octanol–water partition coefficient (Wildman–Crippen LogP) is 3.09. The maximum absolute atomic E-state index is 12.3. The van der Waals surface area contributed by atoms with Gasteiger partial charge in [-0.15, -0.1) is 0 Å². The first-order valence-corrected chi connectivity index (χ1v) is 8.70. The maximum Gasteiger partial charge on any atom is 0.270 e. The highest BCUT2D eigenvalue weighted by atomic mass is 35.5. The highest BCUT2D eigenvalue weighted by Crippen LogP contribution is 2.17. The zero-order valence-electron chi connectivity index (χ0n) is 13.5. The molecule has 0 atom stereocenters. The minimum Gasteiger partial charge on any atom is -0.357 e. The van der Waals surface area contributed by atoms with Gasteiger partial charge in [0.05, 0.1) is 0 Å². The maximum atomic E-state index is 12.3. The SMILES string of the molecule is O=C(NCCc1cccc(Cl)c1)c1cc(N2CCCCC2)ncn1. The van der Waals surface area contributed by atoms with E-state index in [0.29, 0.717) is 17.3 Å². The van der Waals surface area contributed by atoms with E-state index in [1.807, 2.05) is 24.3 Å². The molecule has 3 rings (SSSR count). The molecule has 6 heteroatoms. The summed E-state index contributed by atoms with van der Waals surface area (Å²) in [5.74, 6) is 0.669. The predicted molar refractivity (Wildman–Crippen MR) is 95.6 cm³/mol. The highest BCUT2D eigenvalue weighted by molar-refractivity contribution is 6.30. The van der Waals surface area contributed by atoms with Gasteiger partial charge in [0.1, 0.15) is 17.8 Å². The Kier molecular flexibility index (Phi) is 5.64. The smallest absolute Gasteiger partial charge is 0.270 e. The van der Waals surface area contributed by atoms with Gasteiger partial charge in [0.2, 0.25) is 0 Å². The minimum absolute atomic E-state index is 0.169. The van der Waals surface area contributed by atoms with E-state index in [9.17, 15) is 4.79 Å². The number of nitrogens with zero attached hydrogens (tertiary/aromatic N) is 3. The molecule has 0 radical (unpaired) electrons. The monoisotopic (exact) mass is 344 g/mol. The van der Waals surface area contributed by atoms with Crippen LogP contribution in [0.1, 0.15) is 35.3 Å². The molecule has 2 heterocycles. The van der Waals surface area contributed by atoms with Crippen LogP contribution in [0.5, 0.6) is 0 Å². The Morgan fingerprint density at radius 1 is 1.17 bits per heavy atom. The summed E-state index contributed by atoms with van der Waals surface area (Å²) in [6, 6.07) is 9.44. The van der Waals surface area contributed by atoms with Crippen LogP contribution in [0.15, 0.2) is 36.7 Å². The molecular weight excluding hydrogens is 324 g/mol. The number of halogens is 1. The van der Waals surface area contributed by atoms with Crippen LogP contribution in [0.25, 0.3) is 0 Å². The topological polar surface area (TPSA) is 58.1 Å². The zero-order chi connectivity index (χ0) is 16.8. The number of carbonyl (C=O) groups is 1.